The Morgan fingerprint density at radius 2 is 1.78 bits per heavy atom. The van der Waals surface area contributed by atoms with E-state index < -0.39 is 18.4 Å². The van der Waals surface area contributed by atoms with Crippen molar-refractivity contribution in [3.05, 3.63) is 58.1 Å². The predicted molar refractivity (Wildman–Crippen MR) is 121 cm³/mol. The van der Waals surface area contributed by atoms with Crippen molar-refractivity contribution in [3.8, 4) is 0 Å². The Labute approximate surface area is 191 Å². The summed E-state index contributed by atoms with van der Waals surface area (Å²) >= 11 is 6.32. The topological polar surface area (TPSA) is 74.7 Å². The summed E-state index contributed by atoms with van der Waals surface area (Å²) in [6.45, 7) is 5.90. The molecule has 0 aromatic heterocycles. The monoisotopic (exact) mass is 456 g/mol. The summed E-state index contributed by atoms with van der Waals surface area (Å²) < 4.78 is 10.5. The number of carbonyl (C=O) groups is 2. The molecule has 1 saturated heterocycles. The molecule has 0 bridgehead atoms. The van der Waals surface area contributed by atoms with Crippen LogP contribution in [0.15, 0.2) is 47.5 Å². The number of rotatable bonds is 3. The highest BCUT2D eigenvalue weighted by Crippen LogP contribution is 2.36. The number of likely N-dealkylation sites (N-methyl/N-ethyl adjacent to an activating group) is 1. The lowest BCUT2D eigenvalue weighted by atomic mass is 10.2. The van der Waals surface area contributed by atoms with Crippen molar-refractivity contribution in [2.45, 2.75) is 20.1 Å². The maximum absolute atomic E-state index is 13.5. The van der Waals surface area contributed by atoms with Gasteiger partial charge in [-0.2, -0.15) is 0 Å². The lowest BCUT2D eigenvalue weighted by molar-refractivity contribution is -0.161. The average Bonchev–Trinajstić information content (AvgIpc) is 2.88. The van der Waals surface area contributed by atoms with Crippen molar-refractivity contribution < 1.29 is 19.1 Å². The van der Waals surface area contributed by atoms with E-state index in [1.165, 1.54) is 18.7 Å². The number of carbonyl (C=O) groups excluding carboxylic acids is 2. The van der Waals surface area contributed by atoms with Crippen molar-refractivity contribution in [2.24, 2.45) is 4.99 Å². The molecule has 8 nitrogen and oxygen atoms in total. The standard InChI is InChI=1S/C23H25ClN4O4/c1-15(29)31-16(2)32-23(30)28-21-14-17(24)8-9-20(21)25-19-7-5-4-6-18(19)22(28)27-12-10-26(3)11-13-27/h4-9,14,16H,10-13H2,1-3H3. The number of hydrogen-bond donors (Lipinski definition) is 0. The molecule has 0 saturated carbocycles. The number of nitrogens with zero attached hydrogens (tertiary/aromatic N) is 4. The highest BCUT2D eigenvalue weighted by Gasteiger charge is 2.33. The number of amides is 1. The van der Waals surface area contributed by atoms with Gasteiger partial charge in [-0.3, -0.25) is 4.79 Å². The van der Waals surface area contributed by atoms with Crippen molar-refractivity contribution in [3.63, 3.8) is 0 Å². The summed E-state index contributed by atoms with van der Waals surface area (Å²) in [4.78, 5) is 35.5. The number of esters is 1. The summed E-state index contributed by atoms with van der Waals surface area (Å²) in [5.41, 5.74) is 1.09. The van der Waals surface area contributed by atoms with Crippen molar-refractivity contribution in [1.82, 2.24) is 9.80 Å². The third-order valence-electron chi connectivity index (χ3n) is 5.36. The summed E-state index contributed by atoms with van der Waals surface area (Å²) in [6.07, 6.45) is -1.73. The molecule has 1 fully saturated rings. The molecule has 4 rings (SSSR count). The molecule has 0 spiro atoms. The lowest BCUT2D eigenvalue weighted by Crippen LogP contribution is -2.51. The van der Waals surface area contributed by atoms with Crippen LogP contribution in [0.5, 0.6) is 0 Å². The van der Waals surface area contributed by atoms with E-state index in [2.05, 4.69) is 16.8 Å². The third kappa shape index (κ3) is 4.56. The quantitative estimate of drug-likeness (QED) is 0.522. The van der Waals surface area contributed by atoms with Crippen LogP contribution >= 0.6 is 11.6 Å². The Kier molecular flexibility index (Phi) is 6.34. The molecular formula is C23H25ClN4O4. The molecule has 1 atom stereocenters. The molecule has 2 aromatic rings. The third-order valence-corrected chi connectivity index (χ3v) is 5.60. The predicted octanol–water partition coefficient (Wildman–Crippen LogP) is 2.47. The SMILES string of the molecule is CC(=O)OC(C)OC(=O)N1C(N2CCN(C)CC2)=c2ccccc2=Nc2ccc(Cl)cc21. The molecule has 2 heterocycles. The van der Waals surface area contributed by atoms with E-state index in [1.807, 2.05) is 24.3 Å². The number of halogens is 1. The average molecular weight is 457 g/mol. The van der Waals surface area contributed by atoms with Crippen LogP contribution in [0.4, 0.5) is 16.2 Å². The maximum Gasteiger partial charge on any atom is 0.423 e. The van der Waals surface area contributed by atoms with Gasteiger partial charge in [0.2, 0.25) is 6.29 Å². The first-order valence-corrected chi connectivity index (χ1v) is 10.8. The summed E-state index contributed by atoms with van der Waals surface area (Å²) in [7, 11) is 2.07. The Bertz CT molecular complexity index is 1160. The number of anilines is 1. The second-order valence-electron chi connectivity index (χ2n) is 7.77. The second-order valence-corrected chi connectivity index (χ2v) is 8.21. The van der Waals surface area contributed by atoms with E-state index in [9.17, 15) is 9.59 Å². The van der Waals surface area contributed by atoms with Gasteiger partial charge in [0.25, 0.3) is 0 Å². The molecule has 2 aromatic carbocycles. The first-order chi connectivity index (χ1) is 15.3. The fraction of sp³-hybridized carbons (Fsp3) is 0.348. The molecule has 0 radical (unpaired) electrons. The molecule has 9 heteroatoms. The van der Waals surface area contributed by atoms with Crippen LogP contribution in [0, 0.1) is 0 Å². The van der Waals surface area contributed by atoms with Crippen molar-refractivity contribution >= 4 is 40.9 Å². The Hall–Kier alpha value is -3.10. The number of piperazine rings is 1. The van der Waals surface area contributed by atoms with Crippen LogP contribution in [0.2, 0.25) is 5.02 Å². The zero-order chi connectivity index (χ0) is 22.8. The minimum atomic E-state index is -1.05. The van der Waals surface area contributed by atoms with Gasteiger partial charge in [0, 0.05) is 50.3 Å². The van der Waals surface area contributed by atoms with Gasteiger partial charge in [-0.05, 0) is 37.4 Å². The van der Waals surface area contributed by atoms with E-state index >= 15 is 0 Å². The van der Waals surface area contributed by atoms with Gasteiger partial charge in [0.1, 0.15) is 5.82 Å². The molecule has 0 N–H and O–H groups in total. The molecule has 2 aliphatic heterocycles. The van der Waals surface area contributed by atoms with Crippen LogP contribution in [0.25, 0.3) is 5.82 Å². The first kappa shape index (κ1) is 22.1. The number of ether oxygens (including phenoxy) is 2. The summed E-state index contributed by atoms with van der Waals surface area (Å²) in [5.74, 6) is 0.131. The number of benzene rings is 2. The second kappa shape index (κ2) is 9.18. The Morgan fingerprint density at radius 3 is 2.50 bits per heavy atom. The van der Waals surface area contributed by atoms with Crippen molar-refractivity contribution in [2.75, 3.05) is 38.1 Å². The normalized spacial score (nSPS) is 16.9. The fourth-order valence-corrected chi connectivity index (χ4v) is 4.03. The van der Waals surface area contributed by atoms with Crippen LogP contribution in [0.3, 0.4) is 0 Å². The van der Waals surface area contributed by atoms with Crippen LogP contribution in [0.1, 0.15) is 13.8 Å². The molecule has 2 aliphatic rings. The fourth-order valence-electron chi connectivity index (χ4n) is 3.86. The smallest absolute Gasteiger partial charge is 0.423 e. The van der Waals surface area contributed by atoms with E-state index in [-0.39, 0.29) is 0 Å². The number of fused-ring (bicyclic) bond motifs is 2. The molecule has 32 heavy (non-hydrogen) atoms. The molecule has 0 aliphatic carbocycles. The largest absolute Gasteiger partial charge is 0.426 e. The molecule has 1 unspecified atom stereocenters. The summed E-state index contributed by atoms with van der Waals surface area (Å²) in [5, 5.41) is 2.02. The van der Waals surface area contributed by atoms with Crippen molar-refractivity contribution in [1.29, 1.82) is 0 Å². The minimum Gasteiger partial charge on any atom is -0.426 e. The first-order valence-electron chi connectivity index (χ1n) is 10.4. The maximum atomic E-state index is 13.5. The Balaban J connectivity index is 1.90. The van der Waals surface area contributed by atoms with E-state index in [0.29, 0.717) is 22.2 Å². The van der Waals surface area contributed by atoms with Gasteiger partial charge in [0.05, 0.1) is 16.7 Å². The van der Waals surface area contributed by atoms with Gasteiger partial charge in [-0.15, -0.1) is 0 Å². The number of hydrogen-bond acceptors (Lipinski definition) is 7. The van der Waals surface area contributed by atoms with E-state index in [4.69, 9.17) is 26.1 Å². The molecule has 1 amide bonds. The van der Waals surface area contributed by atoms with Crippen LogP contribution in [-0.2, 0) is 14.3 Å². The zero-order valence-corrected chi connectivity index (χ0v) is 19.0. The minimum absolute atomic E-state index is 0.466. The Morgan fingerprint density at radius 1 is 1.06 bits per heavy atom. The van der Waals surface area contributed by atoms with Gasteiger partial charge < -0.3 is 19.3 Å². The van der Waals surface area contributed by atoms with Gasteiger partial charge in [-0.25, -0.2) is 14.7 Å². The zero-order valence-electron chi connectivity index (χ0n) is 18.2. The molecular weight excluding hydrogens is 432 g/mol. The highest BCUT2D eigenvalue weighted by molar-refractivity contribution is 6.31. The number of para-hydroxylation sites is 1. The van der Waals surface area contributed by atoms with Crippen LogP contribution in [-0.4, -0.2) is 61.4 Å². The van der Waals surface area contributed by atoms with Crippen LogP contribution < -0.4 is 15.5 Å². The van der Waals surface area contributed by atoms with Gasteiger partial charge in [0.15, 0.2) is 0 Å². The van der Waals surface area contributed by atoms with Gasteiger partial charge >= 0.3 is 12.1 Å². The van der Waals surface area contributed by atoms with E-state index in [0.717, 1.165) is 36.8 Å². The van der Waals surface area contributed by atoms with Gasteiger partial charge in [-0.1, -0.05) is 23.7 Å². The highest BCUT2D eigenvalue weighted by atomic mass is 35.5. The van der Waals surface area contributed by atoms with E-state index in [1.54, 1.807) is 18.2 Å². The molecule has 168 valence electrons. The lowest BCUT2D eigenvalue weighted by Gasteiger charge is -2.39. The summed E-state index contributed by atoms with van der Waals surface area (Å²) in [6, 6.07) is 12.9.